The summed E-state index contributed by atoms with van der Waals surface area (Å²) < 4.78 is 1.64. The van der Waals surface area contributed by atoms with Crippen molar-refractivity contribution in [2.24, 2.45) is 0 Å². The summed E-state index contributed by atoms with van der Waals surface area (Å²) in [6, 6.07) is 0. The van der Waals surface area contributed by atoms with E-state index in [9.17, 15) is 0 Å². The standard InChI is InChI=1S/C14H23ClN4/c1-5-6-7-8-10(4)13-16-14-11(15)12(9(2)3)17-19(14)18-13/h9-10H,5-8H2,1-4H3,(H,16,18). The number of aromatic amines is 1. The van der Waals surface area contributed by atoms with Crippen LogP contribution in [0.2, 0.25) is 5.02 Å². The van der Waals surface area contributed by atoms with E-state index >= 15 is 0 Å². The summed E-state index contributed by atoms with van der Waals surface area (Å²) in [5.41, 5.74) is 1.73. The molecule has 2 aromatic heterocycles. The number of fused-ring (bicyclic) bond motifs is 1. The lowest BCUT2D eigenvalue weighted by atomic mass is 10.0. The minimum atomic E-state index is 0.313. The van der Waals surface area contributed by atoms with Crippen molar-refractivity contribution in [3.8, 4) is 0 Å². The molecular formula is C14H23ClN4. The second-order valence-electron chi connectivity index (χ2n) is 5.60. The van der Waals surface area contributed by atoms with Crippen molar-refractivity contribution in [1.29, 1.82) is 0 Å². The van der Waals surface area contributed by atoms with E-state index in [1.54, 1.807) is 4.63 Å². The second-order valence-corrected chi connectivity index (χ2v) is 5.98. The van der Waals surface area contributed by atoms with Crippen molar-refractivity contribution in [3.05, 3.63) is 16.5 Å². The van der Waals surface area contributed by atoms with Crippen molar-refractivity contribution in [3.63, 3.8) is 0 Å². The maximum absolute atomic E-state index is 6.34. The minimum absolute atomic E-state index is 0.313. The normalized spacial score (nSPS) is 13.6. The molecule has 0 saturated heterocycles. The van der Waals surface area contributed by atoms with Crippen molar-refractivity contribution in [1.82, 2.24) is 19.8 Å². The van der Waals surface area contributed by atoms with E-state index in [0.717, 1.165) is 23.6 Å². The zero-order valence-electron chi connectivity index (χ0n) is 12.2. The zero-order chi connectivity index (χ0) is 14.0. The summed E-state index contributed by atoms with van der Waals surface area (Å²) in [6.07, 6.45) is 4.92. The van der Waals surface area contributed by atoms with Crippen LogP contribution in [0.4, 0.5) is 0 Å². The van der Waals surface area contributed by atoms with Crippen LogP contribution in [0.25, 0.3) is 5.65 Å². The molecular weight excluding hydrogens is 260 g/mol. The monoisotopic (exact) mass is 282 g/mol. The number of halogens is 1. The molecule has 0 radical (unpaired) electrons. The summed E-state index contributed by atoms with van der Waals surface area (Å²) in [4.78, 5) is 3.32. The fraction of sp³-hybridized carbons (Fsp3) is 0.714. The number of aromatic nitrogens is 4. The predicted octanol–water partition coefficient (Wildman–Crippen LogP) is 4.52. The van der Waals surface area contributed by atoms with E-state index in [2.05, 4.69) is 42.9 Å². The third-order valence-electron chi connectivity index (χ3n) is 3.54. The number of rotatable bonds is 6. The number of nitrogens with zero attached hydrogens (tertiary/aromatic N) is 3. The van der Waals surface area contributed by atoms with Gasteiger partial charge in [-0.3, -0.25) is 0 Å². The first-order valence-corrected chi connectivity index (χ1v) is 7.56. The quantitative estimate of drug-likeness (QED) is 0.792. The SMILES string of the molecule is CCCCCC(C)c1nn2nc(C(C)C)c(Cl)c2[nH]1. The molecule has 2 aromatic rings. The van der Waals surface area contributed by atoms with Crippen LogP contribution in [0.3, 0.4) is 0 Å². The molecule has 1 unspecified atom stereocenters. The molecule has 1 atom stereocenters. The third kappa shape index (κ3) is 2.94. The first-order valence-electron chi connectivity index (χ1n) is 7.18. The fourth-order valence-electron chi connectivity index (χ4n) is 2.26. The van der Waals surface area contributed by atoms with Gasteiger partial charge in [0.25, 0.3) is 0 Å². The highest BCUT2D eigenvalue weighted by Gasteiger charge is 2.18. The van der Waals surface area contributed by atoms with Crippen LogP contribution in [0.1, 0.15) is 76.7 Å². The molecule has 2 heterocycles. The van der Waals surface area contributed by atoms with Gasteiger partial charge in [-0.05, 0) is 12.3 Å². The molecule has 0 aliphatic rings. The maximum Gasteiger partial charge on any atom is 0.174 e. The summed E-state index contributed by atoms with van der Waals surface area (Å²) in [5.74, 6) is 1.72. The van der Waals surface area contributed by atoms with E-state index in [4.69, 9.17) is 11.6 Å². The van der Waals surface area contributed by atoms with Crippen LogP contribution in [0.15, 0.2) is 0 Å². The average molecular weight is 283 g/mol. The van der Waals surface area contributed by atoms with Crippen LogP contribution in [-0.4, -0.2) is 19.8 Å². The van der Waals surface area contributed by atoms with Gasteiger partial charge < -0.3 is 4.98 Å². The second kappa shape index (κ2) is 5.95. The van der Waals surface area contributed by atoms with Crippen molar-refractivity contribution >= 4 is 17.2 Å². The molecule has 0 aliphatic carbocycles. The summed E-state index contributed by atoms with van der Waals surface area (Å²) >= 11 is 6.34. The smallest absolute Gasteiger partial charge is 0.174 e. The Morgan fingerprint density at radius 1 is 1.21 bits per heavy atom. The Bertz CT molecular complexity index is 541. The molecule has 0 bridgehead atoms. The molecule has 5 heteroatoms. The Balaban J connectivity index is 2.18. The lowest BCUT2D eigenvalue weighted by Gasteiger charge is -2.06. The van der Waals surface area contributed by atoms with Crippen molar-refractivity contribution < 1.29 is 0 Å². The van der Waals surface area contributed by atoms with Crippen LogP contribution < -0.4 is 0 Å². The molecule has 0 fully saturated rings. The Morgan fingerprint density at radius 2 is 1.95 bits per heavy atom. The largest absolute Gasteiger partial charge is 0.324 e. The topological polar surface area (TPSA) is 46.0 Å². The maximum atomic E-state index is 6.34. The fourth-order valence-corrected chi connectivity index (χ4v) is 2.64. The number of unbranched alkanes of at least 4 members (excludes halogenated alkanes) is 2. The van der Waals surface area contributed by atoms with Gasteiger partial charge in [0.15, 0.2) is 5.65 Å². The van der Waals surface area contributed by atoms with E-state index in [0.29, 0.717) is 16.9 Å². The lowest BCUT2D eigenvalue weighted by molar-refractivity contribution is 0.571. The van der Waals surface area contributed by atoms with E-state index in [1.807, 2.05) is 0 Å². The van der Waals surface area contributed by atoms with Gasteiger partial charge in [-0.15, -0.1) is 9.73 Å². The highest BCUT2D eigenvalue weighted by Crippen LogP contribution is 2.28. The Hall–Kier alpha value is -1.03. The van der Waals surface area contributed by atoms with E-state index in [1.165, 1.54) is 19.3 Å². The average Bonchev–Trinajstić information content (AvgIpc) is 2.90. The summed E-state index contributed by atoms with van der Waals surface area (Å²) in [7, 11) is 0. The minimum Gasteiger partial charge on any atom is -0.324 e. The van der Waals surface area contributed by atoms with Gasteiger partial charge in [0.05, 0.1) is 5.69 Å². The number of nitrogens with one attached hydrogen (secondary N) is 1. The Kier molecular flexibility index (Phi) is 4.50. The van der Waals surface area contributed by atoms with E-state index < -0.39 is 0 Å². The first kappa shape index (κ1) is 14.4. The lowest BCUT2D eigenvalue weighted by Crippen LogP contribution is -1.99. The molecule has 0 aliphatic heterocycles. The van der Waals surface area contributed by atoms with Crippen LogP contribution in [-0.2, 0) is 0 Å². The number of hydrogen-bond acceptors (Lipinski definition) is 2. The molecule has 0 spiro atoms. The van der Waals surface area contributed by atoms with Gasteiger partial charge in [0.1, 0.15) is 10.8 Å². The van der Waals surface area contributed by atoms with E-state index in [-0.39, 0.29) is 0 Å². The van der Waals surface area contributed by atoms with Crippen LogP contribution in [0.5, 0.6) is 0 Å². The molecule has 0 saturated carbocycles. The molecule has 106 valence electrons. The third-order valence-corrected chi connectivity index (χ3v) is 3.91. The Morgan fingerprint density at radius 3 is 2.53 bits per heavy atom. The number of H-pyrrole nitrogens is 1. The highest BCUT2D eigenvalue weighted by atomic mass is 35.5. The Labute approximate surface area is 119 Å². The summed E-state index contributed by atoms with van der Waals surface area (Å²) in [5, 5.41) is 9.68. The van der Waals surface area contributed by atoms with Gasteiger partial charge in [-0.2, -0.15) is 5.10 Å². The molecule has 0 amide bonds. The van der Waals surface area contributed by atoms with Crippen molar-refractivity contribution in [2.45, 2.75) is 65.2 Å². The van der Waals surface area contributed by atoms with Crippen molar-refractivity contribution in [2.75, 3.05) is 0 Å². The molecule has 0 aromatic carbocycles. The predicted molar refractivity (Wildman–Crippen MR) is 79.0 cm³/mol. The van der Waals surface area contributed by atoms with Crippen LogP contribution in [0, 0.1) is 0 Å². The van der Waals surface area contributed by atoms with Gasteiger partial charge >= 0.3 is 0 Å². The molecule has 1 N–H and O–H groups in total. The molecule has 2 rings (SSSR count). The summed E-state index contributed by atoms with van der Waals surface area (Å²) in [6.45, 7) is 8.59. The first-order chi connectivity index (χ1) is 9.04. The zero-order valence-corrected chi connectivity index (χ0v) is 13.0. The van der Waals surface area contributed by atoms with Crippen LogP contribution >= 0.6 is 11.6 Å². The number of hydrogen-bond donors (Lipinski definition) is 1. The van der Waals surface area contributed by atoms with Gasteiger partial charge in [0.2, 0.25) is 0 Å². The molecule has 19 heavy (non-hydrogen) atoms. The van der Waals surface area contributed by atoms with Gasteiger partial charge in [-0.25, -0.2) is 0 Å². The van der Waals surface area contributed by atoms with Gasteiger partial charge in [0, 0.05) is 5.92 Å². The molecule has 4 nitrogen and oxygen atoms in total. The van der Waals surface area contributed by atoms with Gasteiger partial charge in [-0.1, -0.05) is 58.6 Å². The highest BCUT2D eigenvalue weighted by molar-refractivity contribution is 6.34.